The Kier molecular flexibility index (Phi) is 10.6. The second-order valence-corrected chi connectivity index (χ2v) is 11.5. The molecule has 0 heterocycles. The second-order valence-electron chi connectivity index (χ2n) is 8.80. The van der Waals surface area contributed by atoms with Gasteiger partial charge in [0.1, 0.15) is 18.3 Å². The number of hydrogen-bond acceptors (Lipinski definition) is 5. The number of ether oxygens (including phenoxy) is 1. The van der Waals surface area contributed by atoms with E-state index in [-0.39, 0.29) is 30.3 Å². The van der Waals surface area contributed by atoms with Crippen LogP contribution in [0.2, 0.25) is 10.0 Å². The third-order valence-corrected chi connectivity index (χ3v) is 7.72. The number of methoxy groups -OCH3 is 1. The van der Waals surface area contributed by atoms with Gasteiger partial charge in [0.05, 0.1) is 19.1 Å². The Morgan fingerprint density at radius 3 is 2.28 bits per heavy atom. The molecule has 0 aliphatic heterocycles. The zero-order chi connectivity index (χ0) is 28.6. The first kappa shape index (κ1) is 30.3. The molecule has 0 aliphatic carbocycles. The van der Waals surface area contributed by atoms with Crippen LogP contribution in [0.1, 0.15) is 18.1 Å². The average Bonchev–Trinajstić information content (AvgIpc) is 2.90. The molecule has 208 valence electrons. The maximum atomic E-state index is 14.0. The smallest absolute Gasteiger partial charge is 0.244 e. The molecule has 1 N–H and O–H groups in total. The van der Waals surface area contributed by atoms with Crippen LogP contribution >= 0.6 is 23.2 Å². The molecule has 3 rings (SSSR count). The molecular formula is C28H31Cl2N3O5S. The summed E-state index contributed by atoms with van der Waals surface area (Å²) in [6.07, 6.45) is 1.22. The van der Waals surface area contributed by atoms with Crippen LogP contribution in [0, 0.1) is 0 Å². The van der Waals surface area contributed by atoms with Crippen molar-refractivity contribution in [3.05, 3.63) is 94.0 Å². The first-order valence-corrected chi connectivity index (χ1v) is 14.8. The van der Waals surface area contributed by atoms with Gasteiger partial charge in [0.15, 0.2) is 0 Å². The Morgan fingerprint density at radius 2 is 1.67 bits per heavy atom. The number of halogens is 2. The number of carbonyl (C=O) groups is 2. The molecule has 0 unspecified atom stereocenters. The van der Waals surface area contributed by atoms with E-state index in [2.05, 4.69) is 5.32 Å². The lowest BCUT2D eigenvalue weighted by molar-refractivity contribution is -0.140. The van der Waals surface area contributed by atoms with E-state index < -0.39 is 28.5 Å². The van der Waals surface area contributed by atoms with Crippen LogP contribution in [0.4, 0.5) is 5.69 Å². The average molecular weight is 593 g/mol. The topological polar surface area (TPSA) is 96.0 Å². The van der Waals surface area contributed by atoms with Crippen LogP contribution in [0.25, 0.3) is 0 Å². The van der Waals surface area contributed by atoms with Gasteiger partial charge < -0.3 is 15.0 Å². The summed E-state index contributed by atoms with van der Waals surface area (Å²) in [5.41, 5.74) is 1.59. The molecule has 39 heavy (non-hydrogen) atoms. The molecule has 0 radical (unpaired) electrons. The highest BCUT2D eigenvalue weighted by Crippen LogP contribution is 2.30. The molecule has 11 heteroatoms. The van der Waals surface area contributed by atoms with Gasteiger partial charge in [-0.15, -0.1) is 0 Å². The minimum Gasteiger partial charge on any atom is -0.495 e. The highest BCUT2D eigenvalue weighted by atomic mass is 35.5. The first-order chi connectivity index (χ1) is 18.5. The van der Waals surface area contributed by atoms with E-state index >= 15 is 0 Å². The summed E-state index contributed by atoms with van der Waals surface area (Å²) in [7, 11) is -2.50. The normalized spacial score (nSPS) is 11.9. The monoisotopic (exact) mass is 591 g/mol. The third kappa shape index (κ3) is 8.11. The van der Waals surface area contributed by atoms with E-state index in [9.17, 15) is 18.0 Å². The number of nitrogens with one attached hydrogen (secondary N) is 1. The van der Waals surface area contributed by atoms with Crippen molar-refractivity contribution in [3.8, 4) is 5.75 Å². The first-order valence-electron chi connectivity index (χ1n) is 12.2. The summed E-state index contributed by atoms with van der Waals surface area (Å²) >= 11 is 12.5. The molecule has 1 atom stereocenters. The molecule has 2 amide bonds. The predicted octanol–water partition coefficient (Wildman–Crippen LogP) is 4.54. The standard InChI is InChI=1S/C28H31Cl2N3O5S/c1-4-31-28(35)25(16-20-10-6-5-7-11-20)32(18-21-14-15-22(29)17-23(21)30)27(34)19-33(39(3,36)37)24-12-8-9-13-26(24)38-2/h5-15,17,25H,4,16,18-19H2,1-3H3,(H,31,35)/t25-/m0/s1. The van der Waals surface area contributed by atoms with Crippen LogP contribution in [-0.4, -0.2) is 57.6 Å². The Morgan fingerprint density at radius 1 is 1.00 bits per heavy atom. The summed E-state index contributed by atoms with van der Waals surface area (Å²) in [4.78, 5) is 28.8. The van der Waals surface area contributed by atoms with Crippen molar-refractivity contribution in [2.24, 2.45) is 0 Å². The van der Waals surface area contributed by atoms with Gasteiger partial charge in [0.25, 0.3) is 0 Å². The van der Waals surface area contributed by atoms with Crippen molar-refractivity contribution in [1.82, 2.24) is 10.2 Å². The van der Waals surface area contributed by atoms with Crippen LogP contribution in [-0.2, 0) is 32.6 Å². The maximum Gasteiger partial charge on any atom is 0.244 e. The van der Waals surface area contributed by atoms with Crippen molar-refractivity contribution in [1.29, 1.82) is 0 Å². The number of para-hydroxylation sites is 2. The van der Waals surface area contributed by atoms with Crippen molar-refractivity contribution < 1.29 is 22.7 Å². The van der Waals surface area contributed by atoms with Gasteiger partial charge in [0.2, 0.25) is 21.8 Å². The molecule has 0 saturated carbocycles. The number of rotatable bonds is 12. The van der Waals surface area contributed by atoms with Gasteiger partial charge in [-0.05, 0) is 42.3 Å². The molecule has 0 fully saturated rings. The largest absolute Gasteiger partial charge is 0.495 e. The molecule has 0 aliphatic rings. The number of benzene rings is 3. The zero-order valence-corrected chi connectivity index (χ0v) is 24.3. The fourth-order valence-corrected chi connectivity index (χ4v) is 5.43. The van der Waals surface area contributed by atoms with Gasteiger partial charge in [-0.1, -0.05) is 71.7 Å². The molecule has 3 aromatic rings. The van der Waals surface area contributed by atoms with Crippen LogP contribution in [0.3, 0.4) is 0 Å². The Hall–Kier alpha value is -3.27. The second kappa shape index (κ2) is 13.7. The number of likely N-dealkylation sites (N-methyl/N-ethyl adjacent to an activating group) is 1. The minimum atomic E-state index is -3.92. The molecule has 8 nitrogen and oxygen atoms in total. The lowest BCUT2D eigenvalue weighted by Gasteiger charge is -2.33. The lowest BCUT2D eigenvalue weighted by Crippen LogP contribution is -2.53. The summed E-state index contributed by atoms with van der Waals surface area (Å²) in [6.45, 7) is 1.53. The quantitative estimate of drug-likeness (QED) is 0.333. The highest BCUT2D eigenvalue weighted by molar-refractivity contribution is 7.92. The van der Waals surface area contributed by atoms with E-state index in [1.54, 1.807) is 49.4 Å². The Bertz CT molecular complexity index is 1400. The third-order valence-electron chi connectivity index (χ3n) is 6.01. The molecular weight excluding hydrogens is 561 g/mol. The summed E-state index contributed by atoms with van der Waals surface area (Å²) in [5, 5.41) is 3.55. The predicted molar refractivity (Wildman–Crippen MR) is 155 cm³/mol. The van der Waals surface area contributed by atoms with Crippen molar-refractivity contribution in [2.45, 2.75) is 25.9 Å². The fourth-order valence-electron chi connectivity index (χ4n) is 4.11. The van der Waals surface area contributed by atoms with Crippen LogP contribution in [0.5, 0.6) is 5.75 Å². The summed E-state index contributed by atoms with van der Waals surface area (Å²) in [6, 6.07) is 19.7. The minimum absolute atomic E-state index is 0.0486. The molecule has 3 aromatic carbocycles. The number of anilines is 1. The number of nitrogens with zero attached hydrogens (tertiary/aromatic N) is 2. The summed E-state index contributed by atoms with van der Waals surface area (Å²) < 4.78 is 32.1. The fraction of sp³-hybridized carbons (Fsp3) is 0.286. The number of carbonyl (C=O) groups excluding carboxylic acids is 2. The maximum absolute atomic E-state index is 14.0. The van der Waals surface area contributed by atoms with E-state index in [4.69, 9.17) is 27.9 Å². The van der Waals surface area contributed by atoms with Crippen molar-refractivity contribution in [2.75, 3.05) is 30.8 Å². The molecule has 0 bridgehead atoms. The van der Waals surface area contributed by atoms with Crippen molar-refractivity contribution in [3.63, 3.8) is 0 Å². The number of hydrogen-bond donors (Lipinski definition) is 1. The van der Waals surface area contributed by atoms with Gasteiger partial charge >= 0.3 is 0 Å². The van der Waals surface area contributed by atoms with E-state index in [1.807, 2.05) is 30.3 Å². The SMILES string of the molecule is CCNC(=O)[C@H](Cc1ccccc1)N(Cc1ccc(Cl)cc1Cl)C(=O)CN(c1ccccc1OC)S(C)(=O)=O. The number of sulfonamides is 1. The zero-order valence-electron chi connectivity index (χ0n) is 21.9. The Balaban J connectivity index is 2.09. The van der Waals surface area contributed by atoms with E-state index in [0.717, 1.165) is 16.1 Å². The highest BCUT2D eigenvalue weighted by Gasteiger charge is 2.33. The van der Waals surface area contributed by atoms with Crippen LogP contribution in [0.15, 0.2) is 72.8 Å². The molecule has 0 saturated heterocycles. The van der Waals surface area contributed by atoms with Gasteiger partial charge in [-0.3, -0.25) is 13.9 Å². The van der Waals surface area contributed by atoms with Crippen LogP contribution < -0.4 is 14.4 Å². The van der Waals surface area contributed by atoms with Gasteiger partial charge in [-0.25, -0.2) is 8.42 Å². The van der Waals surface area contributed by atoms with E-state index in [1.165, 1.54) is 12.0 Å². The number of amides is 2. The summed E-state index contributed by atoms with van der Waals surface area (Å²) in [5.74, 6) is -0.680. The van der Waals surface area contributed by atoms with E-state index in [0.29, 0.717) is 22.2 Å². The van der Waals surface area contributed by atoms with Crippen molar-refractivity contribution >= 4 is 50.7 Å². The lowest BCUT2D eigenvalue weighted by atomic mass is 10.0. The molecule has 0 aromatic heterocycles. The Labute approximate surface area is 239 Å². The molecule has 0 spiro atoms. The van der Waals surface area contributed by atoms with Gasteiger partial charge in [-0.2, -0.15) is 0 Å². The van der Waals surface area contributed by atoms with Gasteiger partial charge in [0, 0.05) is 29.6 Å².